The van der Waals surface area contributed by atoms with Crippen LogP contribution in [-0.2, 0) is 0 Å². The van der Waals surface area contributed by atoms with Gasteiger partial charge in [-0.1, -0.05) is 5.16 Å². The van der Waals surface area contributed by atoms with Gasteiger partial charge in [0.1, 0.15) is 0 Å². The number of fused-ring (bicyclic) bond motifs is 1. The van der Waals surface area contributed by atoms with E-state index in [1.54, 1.807) is 11.9 Å². The highest BCUT2D eigenvalue weighted by Crippen LogP contribution is 2.40. The largest absolute Gasteiger partial charge is 0.338 e. The maximum atomic E-state index is 12.8. The number of hydrogen-bond donors (Lipinski definition) is 1. The molecule has 21 heavy (non-hydrogen) atoms. The molecular weight excluding hydrogens is 268 g/mol. The second kappa shape index (κ2) is 5.11. The molecule has 112 valence electrons. The van der Waals surface area contributed by atoms with Gasteiger partial charge in [-0.05, 0) is 32.8 Å². The minimum Gasteiger partial charge on any atom is -0.338 e. The predicted molar refractivity (Wildman–Crippen MR) is 79.1 cm³/mol. The van der Waals surface area contributed by atoms with Gasteiger partial charge in [-0.3, -0.25) is 4.79 Å². The molecule has 1 aliphatic rings. The lowest BCUT2D eigenvalue weighted by Gasteiger charge is -2.24. The van der Waals surface area contributed by atoms with Gasteiger partial charge in [0.15, 0.2) is 0 Å². The van der Waals surface area contributed by atoms with Crippen LogP contribution >= 0.6 is 0 Å². The van der Waals surface area contributed by atoms with Crippen molar-refractivity contribution in [2.75, 3.05) is 13.6 Å². The summed E-state index contributed by atoms with van der Waals surface area (Å²) in [6, 6.07) is 1.87. The lowest BCUT2D eigenvalue weighted by Crippen LogP contribution is -2.39. The Balaban J connectivity index is 2.10. The van der Waals surface area contributed by atoms with Crippen LogP contribution in [0.15, 0.2) is 10.6 Å². The molecule has 0 radical (unpaired) electrons. The van der Waals surface area contributed by atoms with Gasteiger partial charge in [0.25, 0.3) is 11.6 Å². The zero-order chi connectivity index (χ0) is 15.1. The molecule has 6 heteroatoms. The van der Waals surface area contributed by atoms with Crippen LogP contribution in [0.5, 0.6) is 0 Å². The molecule has 0 saturated heterocycles. The van der Waals surface area contributed by atoms with Crippen LogP contribution in [0, 0.1) is 6.92 Å². The fourth-order valence-electron chi connectivity index (χ4n) is 2.42. The zero-order valence-corrected chi connectivity index (χ0v) is 12.6. The van der Waals surface area contributed by atoms with Gasteiger partial charge < -0.3 is 15.2 Å². The third kappa shape index (κ3) is 2.40. The van der Waals surface area contributed by atoms with E-state index in [9.17, 15) is 4.79 Å². The van der Waals surface area contributed by atoms with E-state index in [0.29, 0.717) is 34.8 Å². The van der Waals surface area contributed by atoms with Gasteiger partial charge in [0.2, 0.25) is 0 Å². The maximum absolute atomic E-state index is 12.8. The summed E-state index contributed by atoms with van der Waals surface area (Å²) >= 11 is 0. The molecule has 2 N–H and O–H groups in total. The van der Waals surface area contributed by atoms with E-state index in [1.165, 1.54) is 0 Å². The molecule has 0 bridgehead atoms. The van der Waals surface area contributed by atoms with Gasteiger partial charge in [0.05, 0.1) is 16.6 Å². The Kier molecular flexibility index (Phi) is 3.41. The summed E-state index contributed by atoms with van der Waals surface area (Å²) < 4.78 is 5.27. The summed E-state index contributed by atoms with van der Waals surface area (Å²) in [6.07, 6.45) is 2.24. The monoisotopic (exact) mass is 288 g/mol. The van der Waals surface area contributed by atoms with E-state index in [2.05, 4.69) is 10.1 Å². The summed E-state index contributed by atoms with van der Waals surface area (Å²) in [4.78, 5) is 18.9. The smallest absolute Gasteiger partial charge is 0.259 e. The second-order valence-corrected chi connectivity index (χ2v) is 5.82. The second-order valence-electron chi connectivity index (χ2n) is 5.82. The van der Waals surface area contributed by atoms with E-state index < -0.39 is 0 Å². The first-order valence-corrected chi connectivity index (χ1v) is 7.27. The van der Waals surface area contributed by atoms with Crippen molar-refractivity contribution in [2.45, 2.75) is 38.6 Å². The molecule has 1 aliphatic carbocycles. The number of carbonyl (C=O) groups excluding carboxylic acids is 1. The van der Waals surface area contributed by atoms with Gasteiger partial charge in [0, 0.05) is 31.2 Å². The summed E-state index contributed by atoms with van der Waals surface area (Å²) in [6.45, 7) is 4.18. The lowest BCUT2D eigenvalue weighted by molar-refractivity contribution is 0.0750. The summed E-state index contributed by atoms with van der Waals surface area (Å²) in [5, 5.41) is 4.66. The van der Waals surface area contributed by atoms with Crippen molar-refractivity contribution in [3.05, 3.63) is 23.0 Å². The molecule has 2 aromatic heterocycles. The maximum Gasteiger partial charge on any atom is 0.259 e. The summed E-state index contributed by atoms with van der Waals surface area (Å²) in [5.74, 6) is 0.386. The van der Waals surface area contributed by atoms with E-state index in [4.69, 9.17) is 10.3 Å². The number of amides is 1. The number of aromatic nitrogens is 2. The van der Waals surface area contributed by atoms with Crippen LogP contribution in [0.25, 0.3) is 11.1 Å². The number of rotatable bonds is 4. The molecule has 0 aromatic carbocycles. The normalized spacial score (nSPS) is 16.2. The molecule has 1 fully saturated rings. The van der Waals surface area contributed by atoms with Gasteiger partial charge >= 0.3 is 0 Å². The fraction of sp³-hybridized carbons (Fsp3) is 0.533. The van der Waals surface area contributed by atoms with Crippen molar-refractivity contribution in [1.82, 2.24) is 15.0 Å². The minimum absolute atomic E-state index is 0.0229. The van der Waals surface area contributed by atoms with Crippen LogP contribution in [-0.4, -0.2) is 40.6 Å². The highest BCUT2D eigenvalue weighted by atomic mass is 16.5. The number of likely N-dealkylation sites (N-methyl/N-ethyl adjacent to an activating group) is 1. The molecule has 6 nitrogen and oxygen atoms in total. The number of nitrogens with zero attached hydrogens (tertiary/aromatic N) is 3. The third-order valence-electron chi connectivity index (χ3n) is 4.19. The van der Waals surface area contributed by atoms with Crippen LogP contribution in [0.4, 0.5) is 0 Å². The standard InChI is InChI=1S/C15H20N4O2/c1-8(7-16)19(3)15(20)11-6-12(10-4-5-10)17-14-13(11)9(2)18-21-14/h6,8,10H,4-5,7,16H2,1-3H3. The molecule has 1 unspecified atom stereocenters. The highest BCUT2D eigenvalue weighted by molar-refractivity contribution is 6.06. The van der Waals surface area contributed by atoms with E-state index >= 15 is 0 Å². The first kappa shape index (κ1) is 14.0. The van der Waals surface area contributed by atoms with E-state index in [0.717, 1.165) is 18.5 Å². The van der Waals surface area contributed by atoms with Crippen molar-refractivity contribution in [3.8, 4) is 0 Å². The third-order valence-corrected chi connectivity index (χ3v) is 4.19. The predicted octanol–water partition coefficient (Wildman–Crippen LogP) is 1.83. The topological polar surface area (TPSA) is 85.2 Å². The Morgan fingerprint density at radius 2 is 2.29 bits per heavy atom. The van der Waals surface area contributed by atoms with E-state index in [1.807, 2.05) is 19.9 Å². The molecule has 0 spiro atoms. The molecule has 0 aliphatic heterocycles. The molecule has 1 atom stereocenters. The Morgan fingerprint density at radius 1 is 1.57 bits per heavy atom. The first-order valence-electron chi connectivity index (χ1n) is 7.27. The van der Waals surface area contributed by atoms with Gasteiger partial charge in [-0.15, -0.1) is 0 Å². The van der Waals surface area contributed by atoms with Crippen molar-refractivity contribution >= 4 is 17.0 Å². The molecule has 2 heterocycles. The average molecular weight is 288 g/mol. The summed E-state index contributed by atoms with van der Waals surface area (Å²) in [7, 11) is 1.77. The Bertz CT molecular complexity index is 690. The molecule has 1 saturated carbocycles. The number of nitrogens with two attached hydrogens (primary N) is 1. The SMILES string of the molecule is Cc1noc2nc(C3CC3)cc(C(=O)N(C)C(C)CN)c12. The number of hydrogen-bond acceptors (Lipinski definition) is 5. The number of carbonyl (C=O) groups is 1. The number of pyridine rings is 1. The van der Waals surface area contributed by atoms with Crippen molar-refractivity contribution in [2.24, 2.45) is 5.73 Å². The van der Waals surface area contributed by atoms with Gasteiger partial charge in [-0.2, -0.15) is 0 Å². The fourth-order valence-corrected chi connectivity index (χ4v) is 2.42. The summed E-state index contributed by atoms with van der Waals surface area (Å²) in [5.41, 5.74) is 8.35. The average Bonchev–Trinajstić information content (AvgIpc) is 3.28. The van der Waals surface area contributed by atoms with Crippen LogP contribution in [0.2, 0.25) is 0 Å². The Labute approximate surface area is 123 Å². The first-order chi connectivity index (χ1) is 10.0. The van der Waals surface area contributed by atoms with Crippen LogP contribution < -0.4 is 5.73 Å². The Morgan fingerprint density at radius 3 is 2.90 bits per heavy atom. The number of aryl methyl sites for hydroxylation is 1. The van der Waals surface area contributed by atoms with Crippen molar-refractivity contribution in [1.29, 1.82) is 0 Å². The van der Waals surface area contributed by atoms with E-state index in [-0.39, 0.29) is 11.9 Å². The molecular formula is C15H20N4O2. The highest BCUT2D eigenvalue weighted by Gasteiger charge is 2.29. The zero-order valence-electron chi connectivity index (χ0n) is 12.6. The van der Waals surface area contributed by atoms with Crippen molar-refractivity contribution < 1.29 is 9.32 Å². The van der Waals surface area contributed by atoms with Crippen LogP contribution in [0.3, 0.4) is 0 Å². The molecule has 1 amide bonds. The van der Waals surface area contributed by atoms with Gasteiger partial charge in [-0.25, -0.2) is 4.98 Å². The minimum atomic E-state index is -0.0615. The Hall–Kier alpha value is -1.95. The van der Waals surface area contributed by atoms with Crippen molar-refractivity contribution in [3.63, 3.8) is 0 Å². The molecule has 3 rings (SSSR count). The van der Waals surface area contributed by atoms with Crippen LogP contribution in [0.1, 0.15) is 47.4 Å². The quantitative estimate of drug-likeness (QED) is 0.927. The molecule has 2 aromatic rings. The lowest BCUT2D eigenvalue weighted by atomic mass is 10.1.